The molecule has 1 saturated heterocycles. The summed E-state index contributed by atoms with van der Waals surface area (Å²) in [5.74, 6) is 0.977. The van der Waals surface area contributed by atoms with Gasteiger partial charge in [0.15, 0.2) is 0 Å². The molecule has 1 fully saturated rings. The topological polar surface area (TPSA) is 44.8 Å². The maximum atomic E-state index is 11.9. The average molecular weight is 305 g/mol. The van der Waals surface area contributed by atoms with Crippen LogP contribution in [-0.2, 0) is 11.2 Å². The van der Waals surface area contributed by atoms with E-state index in [2.05, 4.69) is 22.2 Å². The molecule has 122 valence electrons. The number of methoxy groups -OCH3 is 1. The molecule has 0 radical (unpaired) electrons. The molecule has 22 heavy (non-hydrogen) atoms. The van der Waals surface area contributed by atoms with Crippen molar-refractivity contribution in [3.05, 3.63) is 29.8 Å². The standard InChI is InChI=1S/C17H27N3O2/c1-19-11-13-20(14-12-19)10-9-18-17(21)8-5-15-3-6-16(22-2)7-4-15/h3-4,6-7H,5,8-14H2,1-2H3,(H,18,21). The first-order valence-electron chi connectivity index (χ1n) is 7.98. The summed E-state index contributed by atoms with van der Waals surface area (Å²) in [7, 11) is 3.81. The smallest absolute Gasteiger partial charge is 0.220 e. The molecule has 0 spiro atoms. The number of amides is 1. The van der Waals surface area contributed by atoms with Gasteiger partial charge in [0.25, 0.3) is 0 Å². The lowest BCUT2D eigenvalue weighted by atomic mass is 10.1. The van der Waals surface area contributed by atoms with E-state index in [4.69, 9.17) is 4.74 Å². The second kappa shape index (κ2) is 8.76. The number of ether oxygens (including phenoxy) is 1. The number of likely N-dealkylation sites (N-methyl/N-ethyl adjacent to an activating group) is 1. The quantitative estimate of drug-likeness (QED) is 0.816. The Labute approximate surface area is 133 Å². The number of carbonyl (C=O) groups is 1. The van der Waals surface area contributed by atoms with Crippen molar-refractivity contribution in [1.29, 1.82) is 0 Å². The lowest BCUT2D eigenvalue weighted by molar-refractivity contribution is -0.121. The fourth-order valence-corrected chi connectivity index (χ4v) is 2.56. The second-order valence-electron chi connectivity index (χ2n) is 5.84. The van der Waals surface area contributed by atoms with Crippen LogP contribution in [0.25, 0.3) is 0 Å². The number of carbonyl (C=O) groups excluding carboxylic acids is 1. The van der Waals surface area contributed by atoms with Crippen LogP contribution in [0, 0.1) is 0 Å². The minimum atomic E-state index is 0.130. The van der Waals surface area contributed by atoms with Crippen molar-refractivity contribution in [3.8, 4) is 5.75 Å². The maximum absolute atomic E-state index is 11.9. The van der Waals surface area contributed by atoms with Gasteiger partial charge in [-0.2, -0.15) is 0 Å². The Hall–Kier alpha value is -1.59. The minimum Gasteiger partial charge on any atom is -0.497 e. The van der Waals surface area contributed by atoms with Crippen LogP contribution in [-0.4, -0.2) is 69.1 Å². The molecule has 0 aromatic heterocycles. The first-order valence-corrected chi connectivity index (χ1v) is 7.98. The lowest BCUT2D eigenvalue weighted by Gasteiger charge is -2.32. The fraction of sp³-hybridized carbons (Fsp3) is 0.588. The van der Waals surface area contributed by atoms with Crippen molar-refractivity contribution < 1.29 is 9.53 Å². The second-order valence-corrected chi connectivity index (χ2v) is 5.84. The van der Waals surface area contributed by atoms with Gasteiger partial charge in [0.1, 0.15) is 5.75 Å². The van der Waals surface area contributed by atoms with Gasteiger partial charge in [0.2, 0.25) is 5.91 Å². The molecular formula is C17H27N3O2. The lowest BCUT2D eigenvalue weighted by Crippen LogP contribution is -2.46. The average Bonchev–Trinajstić information content (AvgIpc) is 2.55. The molecule has 5 heteroatoms. The maximum Gasteiger partial charge on any atom is 0.220 e. The molecule has 1 N–H and O–H groups in total. The Bertz CT molecular complexity index is 453. The SMILES string of the molecule is COc1ccc(CCC(=O)NCCN2CCN(C)CC2)cc1. The number of hydrogen-bond donors (Lipinski definition) is 1. The van der Waals surface area contributed by atoms with E-state index in [0.717, 1.165) is 57.0 Å². The van der Waals surface area contributed by atoms with E-state index in [1.807, 2.05) is 24.3 Å². The van der Waals surface area contributed by atoms with Gasteiger partial charge in [-0.1, -0.05) is 12.1 Å². The van der Waals surface area contributed by atoms with E-state index in [-0.39, 0.29) is 5.91 Å². The molecule has 0 saturated carbocycles. The van der Waals surface area contributed by atoms with Gasteiger partial charge in [-0.15, -0.1) is 0 Å². The number of aryl methyl sites for hydroxylation is 1. The van der Waals surface area contributed by atoms with Crippen molar-refractivity contribution in [2.75, 3.05) is 53.4 Å². The van der Waals surface area contributed by atoms with E-state index >= 15 is 0 Å². The van der Waals surface area contributed by atoms with E-state index < -0.39 is 0 Å². The number of nitrogens with one attached hydrogen (secondary N) is 1. The fourth-order valence-electron chi connectivity index (χ4n) is 2.56. The van der Waals surface area contributed by atoms with Gasteiger partial charge in [0.05, 0.1) is 7.11 Å². The van der Waals surface area contributed by atoms with E-state index in [0.29, 0.717) is 6.42 Å². The predicted molar refractivity (Wildman–Crippen MR) is 88.3 cm³/mol. The van der Waals surface area contributed by atoms with Crippen molar-refractivity contribution in [2.45, 2.75) is 12.8 Å². The highest BCUT2D eigenvalue weighted by Gasteiger charge is 2.13. The number of nitrogens with zero attached hydrogens (tertiary/aromatic N) is 2. The van der Waals surface area contributed by atoms with Crippen LogP contribution in [0.3, 0.4) is 0 Å². The third-order valence-electron chi connectivity index (χ3n) is 4.15. The van der Waals surface area contributed by atoms with Crippen molar-refractivity contribution in [1.82, 2.24) is 15.1 Å². The van der Waals surface area contributed by atoms with Crippen LogP contribution in [0.2, 0.25) is 0 Å². The number of hydrogen-bond acceptors (Lipinski definition) is 4. The molecule has 0 atom stereocenters. The first kappa shape index (κ1) is 16.8. The van der Waals surface area contributed by atoms with Gasteiger partial charge in [-0.3, -0.25) is 9.69 Å². The molecule has 5 nitrogen and oxygen atoms in total. The third-order valence-corrected chi connectivity index (χ3v) is 4.15. The Morgan fingerprint density at radius 2 is 1.86 bits per heavy atom. The zero-order valence-electron chi connectivity index (χ0n) is 13.7. The highest BCUT2D eigenvalue weighted by Crippen LogP contribution is 2.12. The summed E-state index contributed by atoms with van der Waals surface area (Å²) >= 11 is 0. The molecular weight excluding hydrogens is 278 g/mol. The molecule has 0 unspecified atom stereocenters. The van der Waals surface area contributed by atoms with Gasteiger partial charge in [-0.05, 0) is 31.2 Å². The number of benzene rings is 1. The Morgan fingerprint density at radius 3 is 2.50 bits per heavy atom. The van der Waals surface area contributed by atoms with Gasteiger partial charge < -0.3 is 15.0 Å². The number of piperazine rings is 1. The molecule has 1 aliphatic rings. The van der Waals surface area contributed by atoms with Crippen LogP contribution in [0.5, 0.6) is 5.75 Å². The molecule has 0 bridgehead atoms. The number of rotatable bonds is 7. The normalized spacial score (nSPS) is 16.5. The van der Waals surface area contributed by atoms with Crippen LogP contribution >= 0.6 is 0 Å². The van der Waals surface area contributed by atoms with Crippen LogP contribution in [0.4, 0.5) is 0 Å². The summed E-state index contributed by atoms with van der Waals surface area (Å²) in [5.41, 5.74) is 1.16. The molecule has 2 rings (SSSR count). The summed E-state index contributed by atoms with van der Waals surface area (Å²) in [4.78, 5) is 16.6. The zero-order valence-corrected chi connectivity index (χ0v) is 13.7. The summed E-state index contributed by atoms with van der Waals surface area (Å²) in [6, 6.07) is 7.88. The van der Waals surface area contributed by atoms with Crippen LogP contribution in [0.1, 0.15) is 12.0 Å². The van der Waals surface area contributed by atoms with E-state index in [1.54, 1.807) is 7.11 Å². The summed E-state index contributed by atoms with van der Waals surface area (Å²) in [6.45, 7) is 6.11. The highest BCUT2D eigenvalue weighted by molar-refractivity contribution is 5.76. The molecule has 1 aromatic carbocycles. The molecule has 1 aromatic rings. The van der Waals surface area contributed by atoms with Crippen molar-refractivity contribution >= 4 is 5.91 Å². The highest BCUT2D eigenvalue weighted by atomic mass is 16.5. The Balaban J connectivity index is 1.59. The zero-order chi connectivity index (χ0) is 15.8. The van der Waals surface area contributed by atoms with Crippen molar-refractivity contribution in [3.63, 3.8) is 0 Å². The minimum absolute atomic E-state index is 0.130. The molecule has 0 aliphatic carbocycles. The van der Waals surface area contributed by atoms with Crippen LogP contribution in [0.15, 0.2) is 24.3 Å². The first-order chi connectivity index (χ1) is 10.7. The van der Waals surface area contributed by atoms with E-state index in [9.17, 15) is 4.79 Å². The largest absolute Gasteiger partial charge is 0.497 e. The molecule has 1 amide bonds. The summed E-state index contributed by atoms with van der Waals surface area (Å²) in [5, 5.41) is 3.02. The summed E-state index contributed by atoms with van der Waals surface area (Å²) < 4.78 is 5.13. The summed E-state index contributed by atoms with van der Waals surface area (Å²) in [6.07, 6.45) is 1.30. The molecule has 1 aliphatic heterocycles. The molecule has 1 heterocycles. The van der Waals surface area contributed by atoms with Crippen molar-refractivity contribution in [2.24, 2.45) is 0 Å². The Kier molecular flexibility index (Phi) is 6.68. The Morgan fingerprint density at radius 1 is 1.18 bits per heavy atom. The van der Waals surface area contributed by atoms with Gasteiger partial charge in [0, 0.05) is 45.7 Å². The third kappa shape index (κ3) is 5.66. The monoisotopic (exact) mass is 305 g/mol. The van der Waals surface area contributed by atoms with E-state index in [1.165, 1.54) is 0 Å². The van der Waals surface area contributed by atoms with Crippen LogP contribution < -0.4 is 10.1 Å². The van der Waals surface area contributed by atoms with Gasteiger partial charge >= 0.3 is 0 Å². The predicted octanol–water partition coefficient (Wildman–Crippen LogP) is 0.991. The van der Waals surface area contributed by atoms with Gasteiger partial charge in [-0.25, -0.2) is 0 Å².